The lowest BCUT2D eigenvalue weighted by Gasteiger charge is -2.06. The molecule has 1 aliphatic rings. The first-order valence-electron chi connectivity index (χ1n) is 8.71. The lowest BCUT2D eigenvalue weighted by atomic mass is 10.0. The normalized spacial score (nSPS) is 16.5. The highest BCUT2D eigenvalue weighted by Crippen LogP contribution is 2.30. The fourth-order valence-corrected chi connectivity index (χ4v) is 3.44. The third-order valence-electron chi connectivity index (χ3n) is 4.95. The fourth-order valence-electron chi connectivity index (χ4n) is 3.44. The average Bonchev–Trinajstić information content (AvgIpc) is 3.37. The zero-order valence-corrected chi connectivity index (χ0v) is 14.6. The third kappa shape index (κ3) is 3.14. The van der Waals surface area contributed by atoms with Gasteiger partial charge in [-0.1, -0.05) is 30.3 Å². The second kappa shape index (κ2) is 6.93. The van der Waals surface area contributed by atoms with Crippen molar-refractivity contribution in [1.29, 1.82) is 5.26 Å². The van der Waals surface area contributed by atoms with Gasteiger partial charge >= 0.3 is 0 Å². The first-order valence-corrected chi connectivity index (χ1v) is 8.71. The summed E-state index contributed by atoms with van der Waals surface area (Å²) < 4.78 is 5.23. The summed E-state index contributed by atoms with van der Waals surface area (Å²) in [5.74, 6) is 1.20. The molecule has 130 valence electrons. The van der Waals surface area contributed by atoms with Crippen LogP contribution in [0.4, 0.5) is 0 Å². The molecule has 1 unspecified atom stereocenters. The van der Waals surface area contributed by atoms with E-state index in [9.17, 15) is 0 Å². The average molecular weight is 344 g/mol. The molecule has 2 aromatic carbocycles. The summed E-state index contributed by atoms with van der Waals surface area (Å²) in [7, 11) is 1.67. The second-order valence-corrected chi connectivity index (χ2v) is 6.55. The topological polar surface area (TPSA) is 64.9 Å². The number of aromatic amines is 1. The van der Waals surface area contributed by atoms with Crippen LogP contribution in [0.15, 0.2) is 54.6 Å². The number of aromatic nitrogens is 2. The Kier molecular flexibility index (Phi) is 4.32. The highest BCUT2D eigenvalue weighted by molar-refractivity contribution is 5.71. The van der Waals surface area contributed by atoms with E-state index in [2.05, 4.69) is 58.9 Å². The minimum absolute atomic E-state index is 0.348. The number of nitriles is 1. The van der Waals surface area contributed by atoms with Gasteiger partial charge in [0.15, 0.2) is 6.19 Å². The summed E-state index contributed by atoms with van der Waals surface area (Å²) in [6.45, 7) is 1.59. The summed E-state index contributed by atoms with van der Waals surface area (Å²) in [6.07, 6.45) is 3.21. The van der Waals surface area contributed by atoms with Gasteiger partial charge in [0.2, 0.25) is 0 Å². The summed E-state index contributed by atoms with van der Waals surface area (Å²) in [6, 6.07) is 18.5. The molecule has 1 N–H and O–H groups in total. The third-order valence-corrected chi connectivity index (χ3v) is 4.95. The van der Waals surface area contributed by atoms with E-state index in [1.54, 1.807) is 12.0 Å². The van der Waals surface area contributed by atoms with E-state index >= 15 is 0 Å². The maximum Gasteiger partial charge on any atom is 0.179 e. The van der Waals surface area contributed by atoms with E-state index in [0.717, 1.165) is 53.3 Å². The molecule has 4 rings (SSSR count). The molecule has 1 saturated heterocycles. The number of nitrogens with zero attached hydrogens (tertiary/aromatic N) is 3. The Morgan fingerprint density at radius 1 is 1.12 bits per heavy atom. The van der Waals surface area contributed by atoms with Gasteiger partial charge in [0.05, 0.1) is 12.8 Å². The SMILES string of the molecule is COc1ccc(-c2cccc(-c3cc(C4CCN(C#N)C4)[nH]n3)c2)cc1. The molecule has 0 radical (unpaired) electrons. The molecule has 0 spiro atoms. The Morgan fingerprint density at radius 3 is 2.65 bits per heavy atom. The Labute approximate surface area is 152 Å². The zero-order valence-electron chi connectivity index (χ0n) is 14.6. The van der Waals surface area contributed by atoms with Gasteiger partial charge in [0.25, 0.3) is 0 Å². The Bertz CT molecular complexity index is 939. The van der Waals surface area contributed by atoms with Gasteiger partial charge in [-0.25, -0.2) is 0 Å². The van der Waals surface area contributed by atoms with Crippen molar-refractivity contribution in [2.75, 3.05) is 20.2 Å². The molecule has 1 aromatic heterocycles. The maximum atomic E-state index is 9.03. The molecule has 1 aliphatic heterocycles. The lowest BCUT2D eigenvalue weighted by molar-refractivity contribution is 0.415. The Balaban J connectivity index is 1.58. The molecular weight excluding hydrogens is 324 g/mol. The van der Waals surface area contributed by atoms with E-state index in [1.165, 1.54) is 0 Å². The van der Waals surface area contributed by atoms with Crippen LogP contribution in [0.25, 0.3) is 22.4 Å². The number of methoxy groups -OCH3 is 1. The number of nitrogens with one attached hydrogen (secondary N) is 1. The first-order chi connectivity index (χ1) is 12.8. The first kappa shape index (κ1) is 16.2. The molecule has 3 aromatic rings. The predicted molar refractivity (Wildman–Crippen MR) is 101 cm³/mol. The molecule has 1 fully saturated rings. The largest absolute Gasteiger partial charge is 0.497 e. The number of benzene rings is 2. The maximum absolute atomic E-state index is 9.03. The van der Waals surface area contributed by atoms with E-state index in [0.29, 0.717) is 5.92 Å². The molecule has 0 aliphatic carbocycles. The Morgan fingerprint density at radius 2 is 1.92 bits per heavy atom. The minimum atomic E-state index is 0.348. The molecule has 0 bridgehead atoms. The van der Waals surface area contributed by atoms with Crippen LogP contribution in [0, 0.1) is 11.5 Å². The van der Waals surface area contributed by atoms with Gasteiger partial charge in [-0.2, -0.15) is 10.4 Å². The van der Waals surface area contributed by atoms with Crippen LogP contribution in [-0.4, -0.2) is 35.3 Å². The van der Waals surface area contributed by atoms with Gasteiger partial charge < -0.3 is 9.64 Å². The number of H-pyrrole nitrogens is 1. The van der Waals surface area contributed by atoms with Crippen molar-refractivity contribution in [3.05, 3.63) is 60.3 Å². The van der Waals surface area contributed by atoms with Crippen molar-refractivity contribution in [1.82, 2.24) is 15.1 Å². The molecule has 2 heterocycles. The molecule has 26 heavy (non-hydrogen) atoms. The highest BCUT2D eigenvalue weighted by atomic mass is 16.5. The number of hydrogen-bond donors (Lipinski definition) is 1. The van der Waals surface area contributed by atoms with Crippen LogP contribution in [-0.2, 0) is 0 Å². The van der Waals surface area contributed by atoms with Crippen molar-refractivity contribution in [3.8, 4) is 34.3 Å². The zero-order chi connectivity index (χ0) is 17.9. The van der Waals surface area contributed by atoms with E-state index in [1.807, 2.05) is 12.1 Å². The van der Waals surface area contributed by atoms with Crippen LogP contribution in [0.1, 0.15) is 18.0 Å². The smallest absolute Gasteiger partial charge is 0.179 e. The number of likely N-dealkylation sites (tertiary alicyclic amines) is 1. The van der Waals surface area contributed by atoms with Crippen LogP contribution in [0.3, 0.4) is 0 Å². The summed E-state index contributed by atoms with van der Waals surface area (Å²) in [5, 5.41) is 16.7. The number of ether oxygens (including phenoxy) is 1. The van der Waals surface area contributed by atoms with E-state index in [-0.39, 0.29) is 0 Å². The van der Waals surface area contributed by atoms with Gasteiger partial charge in [0.1, 0.15) is 5.75 Å². The number of rotatable bonds is 4. The monoisotopic (exact) mass is 344 g/mol. The molecule has 5 nitrogen and oxygen atoms in total. The van der Waals surface area contributed by atoms with Gasteiger partial charge in [0, 0.05) is 30.3 Å². The van der Waals surface area contributed by atoms with Crippen molar-refractivity contribution in [3.63, 3.8) is 0 Å². The van der Waals surface area contributed by atoms with Crippen molar-refractivity contribution < 1.29 is 4.74 Å². The van der Waals surface area contributed by atoms with E-state index < -0.39 is 0 Å². The summed E-state index contributed by atoms with van der Waals surface area (Å²) in [4.78, 5) is 1.80. The fraction of sp³-hybridized carbons (Fsp3) is 0.238. The second-order valence-electron chi connectivity index (χ2n) is 6.55. The van der Waals surface area contributed by atoms with Gasteiger partial charge in [-0.3, -0.25) is 5.10 Å². The van der Waals surface area contributed by atoms with E-state index in [4.69, 9.17) is 10.00 Å². The van der Waals surface area contributed by atoms with Crippen molar-refractivity contribution >= 4 is 0 Å². The van der Waals surface area contributed by atoms with Gasteiger partial charge in [-0.05, 0) is 41.8 Å². The molecular formula is C21H20N4O. The molecule has 5 heteroatoms. The molecule has 0 amide bonds. The standard InChI is InChI=1S/C21H20N4O/c1-26-19-7-5-15(6-8-19)16-3-2-4-17(11-16)20-12-21(24-23-20)18-9-10-25(13-18)14-22/h2-8,11-12,18H,9-10,13H2,1H3,(H,23,24). The van der Waals surface area contributed by atoms with Crippen molar-refractivity contribution in [2.24, 2.45) is 0 Å². The van der Waals surface area contributed by atoms with Crippen LogP contribution >= 0.6 is 0 Å². The summed E-state index contributed by atoms with van der Waals surface area (Å²) >= 11 is 0. The predicted octanol–water partition coefficient (Wildman–Crippen LogP) is 4.02. The lowest BCUT2D eigenvalue weighted by Crippen LogP contribution is -2.12. The van der Waals surface area contributed by atoms with Crippen LogP contribution in [0.5, 0.6) is 5.75 Å². The molecule has 1 atom stereocenters. The van der Waals surface area contributed by atoms with Crippen LogP contribution < -0.4 is 4.74 Å². The highest BCUT2D eigenvalue weighted by Gasteiger charge is 2.24. The number of hydrogen-bond acceptors (Lipinski definition) is 4. The van der Waals surface area contributed by atoms with Gasteiger partial charge in [-0.15, -0.1) is 0 Å². The minimum Gasteiger partial charge on any atom is -0.497 e. The quantitative estimate of drug-likeness (QED) is 0.726. The van der Waals surface area contributed by atoms with Crippen LogP contribution in [0.2, 0.25) is 0 Å². The van der Waals surface area contributed by atoms with Crippen molar-refractivity contribution in [2.45, 2.75) is 12.3 Å². The summed E-state index contributed by atoms with van der Waals surface area (Å²) in [5.41, 5.74) is 5.41. The molecule has 0 saturated carbocycles. The Hall–Kier alpha value is -3.26.